The highest BCUT2D eigenvalue weighted by molar-refractivity contribution is 6.31. The molecule has 0 radical (unpaired) electrons. The largest absolute Gasteiger partial charge is 0.382 e. The third-order valence-corrected chi connectivity index (χ3v) is 2.35. The number of allylic oxidation sites excluding steroid dienone is 4. The van der Waals surface area contributed by atoms with E-state index < -0.39 is 0 Å². The minimum Gasteiger partial charge on any atom is -0.382 e. The number of H-pyrrole nitrogens is 1. The van der Waals surface area contributed by atoms with Gasteiger partial charge in [-0.2, -0.15) is 5.10 Å². The van der Waals surface area contributed by atoms with Crippen molar-refractivity contribution in [2.75, 3.05) is 5.73 Å². The van der Waals surface area contributed by atoms with E-state index in [1.54, 1.807) is 0 Å². The number of hydrogen-bond donors (Lipinski definition) is 2. The van der Waals surface area contributed by atoms with Crippen LogP contribution in [0.15, 0.2) is 29.3 Å². The molecule has 1 heterocycles. The molecule has 1 aromatic rings. The number of nitrogens with one attached hydrogen (secondary N) is 1. The van der Waals surface area contributed by atoms with Crippen LogP contribution in [-0.4, -0.2) is 10.2 Å². The van der Waals surface area contributed by atoms with Gasteiger partial charge in [0.25, 0.3) is 0 Å². The fourth-order valence-electron chi connectivity index (χ4n) is 1.37. The van der Waals surface area contributed by atoms with E-state index >= 15 is 0 Å². The van der Waals surface area contributed by atoms with Gasteiger partial charge >= 0.3 is 0 Å². The molecule has 68 valence electrons. The number of halogens is 1. The Labute approximate surface area is 81.3 Å². The molecule has 3 nitrogen and oxygen atoms in total. The summed E-state index contributed by atoms with van der Waals surface area (Å²) in [6.45, 7) is 0. The molecule has 4 heteroatoms. The Morgan fingerprint density at radius 1 is 1.62 bits per heavy atom. The van der Waals surface area contributed by atoms with E-state index in [1.165, 1.54) is 0 Å². The highest BCUT2D eigenvalue weighted by Gasteiger charge is 2.12. The molecule has 13 heavy (non-hydrogen) atoms. The Hall–Kier alpha value is -1.22. The van der Waals surface area contributed by atoms with E-state index in [4.69, 9.17) is 17.3 Å². The van der Waals surface area contributed by atoms with Gasteiger partial charge in [-0.05, 0) is 12.5 Å². The normalized spacial score (nSPS) is 21.6. The summed E-state index contributed by atoms with van der Waals surface area (Å²) < 4.78 is 0. The van der Waals surface area contributed by atoms with Gasteiger partial charge in [-0.15, -0.1) is 0 Å². The van der Waals surface area contributed by atoms with Gasteiger partial charge in [0.2, 0.25) is 0 Å². The lowest BCUT2D eigenvalue weighted by Gasteiger charge is -2.11. The van der Waals surface area contributed by atoms with Crippen molar-refractivity contribution < 1.29 is 0 Å². The van der Waals surface area contributed by atoms with Crippen molar-refractivity contribution in [3.8, 4) is 0 Å². The van der Waals surface area contributed by atoms with Crippen molar-refractivity contribution in [2.24, 2.45) is 0 Å². The van der Waals surface area contributed by atoms with Gasteiger partial charge in [0.1, 0.15) is 5.82 Å². The number of nitrogens with zero attached hydrogens (tertiary/aromatic N) is 1. The Kier molecular flexibility index (Phi) is 2.10. The summed E-state index contributed by atoms with van der Waals surface area (Å²) in [6, 6.07) is 1.85. The highest BCUT2D eigenvalue weighted by atomic mass is 35.5. The molecular weight excluding hydrogens is 186 g/mol. The lowest BCUT2D eigenvalue weighted by atomic mass is 9.97. The van der Waals surface area contributed by atoms with E-state index in [-0.39, 0.29) is 0 Å². The lowest BCUT2D eigenvalue weighted by Crippen LogP contribution is -1.97. The van der Waals surface area contributed by atoms with Crippen molar-refractivity contribution in [3.05, 3.63) is 35.0 Å². The number of hydrogen-bond acceptors (Lipinski definition) is 2. The topological polar surface area (TPSA) is 54.7 Å². The smallest absolute Gasteiger partial charge is 0.145 e. The van der Waals surface area contributed by atoms with Gasteiger partial charge < -0.3 is 5.73 Å². The predicted octanol–water partition coefficient (Wildman–Crippen LogP) is 2.16. The molecule has 0 aliphatic heterocycles. The first-order valence-corrected chi connectivity index (χ1v) is 4.48. The molecule has 1 aromatic heterocycles. The van der Waals surface area contributed by atoms with Crippen LogP contribution in [-0.2, 0) is 0 Å². The molecule has 1 aliphatic rings. The maximum atomic E-state index is 5.80. The second-order valence-electron chi connectivity index (χ2n) is 3.04. The first kappa shape index (κ1) is 8.38. The zero-order valence-corrected chi connectivity index (χ0v) is 7.75. The Morgan fingerprint density at radius 2 is 2.46 bits per heavy atom. The number of nitrogen functional groups attached to an aromatic ring is 1. The minimum atomic E-state index is 0.326. The van der Waals surface area contributed by atoms with Crippen LogP contribution in [0.1, 0.15) is 18.0 Å². The van der Waals surface area contributed by atoms with Crippen molar-refractivity contribution >= 4 is 17.4 Å². The molecular formula is C9H10ClN3. The van der Waals surface area contributed by atoms with Gasteiger partial charge in [-0.25, -0.2) is 0 Å². The van der Waals surface area contributed by atoms with Crippen LogP contribution in [0.5, 0.6) is 0 Å². The second kappa shape index (κ2) is 3.26. The number of aromatic nitrogens is 2. The number of anilines is 1. The molecule has 0 bridgehead atoms. The maximum Gasteiger partial charge on any atom is 0.145 e. The van der Waals surface area contributed by atoms with E-state index in [9.17, 15) is 0 Å². The quantitative estimate of drug-likeness (QED) is 0.722. The van der Waals surface area contributed by atoms with Crippen LogP contribution in [0, 0.1) is 0 Å². The van der Waals surface area contributed by atoms with Crippen LogP contribution in [0.4, 0.5) is 5.82 Å². The molecule has 2 rings (SSSR count). The van der Waals surface area contributed by atoms with Crippen LogP contribution in [0.25, 0.3) is 0 Å². The van der Waals surface area contributed by atoms with Crippen LogP contribution < -0.4 is 5.73 Å². The predicted molar refractivity (Wildman–Crippen MR) is 53.4 cm³/mol. The van der Waals surface area contributed by atoms with Gasteiger partial charge in [0, 0.05) is 22.7 Å². The number of aromatic amines is 1. The van der Waals surface area contributed by atoms with Gasteiger partial charge in [-0.1, -0.05) is 23.8 Å². The Balaban J connectivity index is 2.17. The fourth-order valence-corrected chi connectivity index (χ4v) is 1.53. The molecule has 0 saturated carbocycles. The summed E-state index contributed by atoms with van der Waals surface area (Å²) >= 11 is 5.80. The molecule has 0 fully saturated rings. The number of nitrogens with two attached hydrogens (primary N) is 1. The summed E-state index contributed by atoms with van der Waals surface area (Å²) in [7, 11) is 0. The molecule has 1 unspecified atom stereocenters. The van der Waals surface area contributed by atoms with E-state index in [2.05, 4.69) is 16.3 Å². The molecule has 0 amide bonds. The van der Waals surface area contributed by atoms with Crippen molar-refractivity contribution in [1.29, 1.82) is 0 Å². The summed E-state index contributed by atoms with van der Waals surface area (Å²) in [5, 5.41) is 7.56. The Bertz CT molecular complexity index is 365. The lowest BCUT2D eigenvalue weighted by molar-refractivity contribution is 0.803. The molecule has 0 aromatic carbocycles. The zero-order valence-electron chi connectivity index (χ0n) is 7.00. The van der Waals surface area contributed by atoms with Gasteiger partial charge in [0.05, 0.1) is 0 Å². The zero-order chi connectivity index (χ0) is 9.26. The molecule has 0 saturated heterocycles. The average Bonchev–Trinajstić information content (AvgIpc) is 2.53. The first-order valence-electron chi connectivity index (χ1n) is 4.10. The van der Waals surface area contributed by atoms with Crippen molar-refractivity contribution in [3.63, 3.8) is 0 Å². The third kappa shape index (κ3) is 1.75. The summed E-state index contributed by atoms with van der Waals surface area (Å²) in [6.07, 6.45) is 6.84. The van der Waals surface area contributed by atoms with Gasteiger partial charge in [0.15, 0.2) is 0 Å². The van der Waals surface area contributed by atoms with E-state index in [1.807, 2.05) is 18.2 Å². The molecule has 1 atom stereocenters. The summed E-state index contributed by atoms with van der Waals surface area (Å²) in [5.41, 5.74) is 6.54. The maximum absolute atomic E-state index is 5.80. The third-order valence-electron chi connectivity index (χ3n) is 2.07. The van der Waals surface area contributed by atoms with Crippen molar-refractivity contribution in [2.45, 2.75) is 12.3 Å². The van der Waals surface area contributed by atoms with E-state index in [0.717, 1.165) is 17.1 Å². The van der Waals surface area contributed by atoms with E-state index in [0.29, 0.717) is 11.7 Å². The highest BCUT2D eigenvalue weighted by Crippen LogP contribution is 2.27. The molecule has 1 aliphatic carbocycles. The minimum absolute atomic E-state index is 0.326. The average molecular weight is 196 g/mol. The molecule has 3 N–H and O–H groups in total. The number of rotatable bonds is 1. The Morgan fingerprint density at radius 3 is 3.00 bits per heavy atom. The van der Waals surface area contributed by atoms with Crippen LogP contribution in [0.2, 0.25) is 0 Å². The van der Waals surface area contributed by atoms with Crippen molar-refractivity contribution in [1.82, 2.24) is 10.2 Å². The van der Waals surface area contributed by atoms with Crippen LogP contribution >= 0.6 is 11.6 Å². The monoisotopic (exact) mass is 195 g/mol. The van der Waals surface area contributed by atoms with Gasteiger partial charge in [-0.3, -0.25) is 5.10 Å². The fraction of sp³-hybridized carbons (Fsp3) is 0.222. The summed E-state index contributed by atoms with van der Waals surface area (Å²) in [4.78, 5) is 0. The SMILES string of the molecule is Nc1cc(C2C=CC(Cl)=CC2)[nH]n1. The van der Waals surface area contributed by atoms with Crippen LogP contribution in [0.3, 0.4) is 0 Å². The molecule has 0 spiro atoms. The summed E-state index contributed by atoms with van der Waals surface area (Å²) in [5.74, 6) is 0.858. The standard InChI is InChI=1S/C9H10ClN3/c10-7-3-1-6(2-4-7)8-5-9(11)13-12-8/h1,3-6H,2H2,(H3,11,12,13). The second-order valence-corrected chi connectivity index (χ2v) is 3.47. The first-order chi connectivity index (χ1) is 6.25.